The molecular weight excluding hydrogens is 370 g/mol. The SMILES string of the molecule is O=C(O)c1csc(COc2ccc(-c3cccc(-c4ccccc4)c3)cc2)n1. The minimum Gasteiger partial charge on any atom is -0.486 e. The van der Waals surface area contributed by atoms with Crippen molar-refractivity contribution in [3.8, 4) is 28.0 Å². The first-order chi connectivity index (χ1) is 13.7. The van der Waals surface area contributed by atoms with Crippen LogP contribution in [0, 0.1) is 0 Å². The molecule has 0 fully saturated rings. The van der Waals surface area contributed by atoms with Gasteiger partial charge in [-0.15, -0.1) is 11.3 Å². The summed E-state index contributed by atoms with van der Waals surface area (Å²) >= 11 is 1.28. The van der Waals surface area contributed by atoms with Crippen LogP contribution in [0.5, 0.6) is 5.75 Å². The van der Waals surface area contributed by atoms with Gasteiger partial charge in [-0.2, -0.15) is 0 Å². The number of carboxylic acids is 1. The van der Waals surface area contributed by atoms with Crippen molar-refractivity contribution in [1.82, 2.24) is 4.98 Å². The molecule has 0 bridgehead atoms. The molecule has 1 heterocycles. The lowest BCUT2D eigenvalue weighted by Gasteiger charge is -2.08. The second kappa shape index (κ2) is 8.06. The number of aromatic nitrogens is 1. The van der Waals surface area contributed by atoms with Crippen molar-refractivity contribution in [2.45, 2.75) is 6.61 Å². The maximum atomic E-state index is 10.9. The van der Waals surface area contributed by atoms with Crippen LogP contribution in [0.3, 0.4) is 0 Å². The predicted molar refractivity (Wildman–Crippen MR) is 111 cm³/mol. The van der Waals surface area contributed by atoms with E-state index in [4.69, 9.17) is 9.84 Å². The molecule has 0 radical (unpaired) electrons. The number of ether oxygens (including phenoxy) is 1. The molecule has 4 rings (SSSR count). The average molecular weight is 387 g/mol. The van der Waals surface area contributed by atoms with Gasteiger partial charge in [-0.25, -0.2) is 9.78 Å². The van der Waals surface area contributed by atoms with Crippen molar-refractivity contribution in [3.05, 3.63) is 94.9 Å². The van der Waals surface area contributed by atoms with Gasteiger partial charge in [0.15, 0.2) is 5.69 Å². The van der Waals surface area contributed by atoms with E-state index in [-0.39, 0.29) is 12.3 Å². The second-order valence-electron chi connectivity index (χ2n) is 6.19. The molecule has 0 amide bonds. The van der Waals surface area contributed by atoms with E-state index in [1.54, 1.807) is 0 Å². The third kappa shape index (κ3) is 4.10. The van der Waals surface area contributed by atoms with E-state index >= 15 is 0 Å². The molecule has 3 aromatic carbocycles. The number of benzene rings is 3. The lowest BCUT2D eigenvalue weighted by atomic mass is 9.99. The number of thiazole rings is 1. The van der Waals surface area contributed by atoms with E-state index in [1.807, 2.05) is 42.5 Å². The van der Waals surface area contributed by atoms with Gasteiger partial charge in [-0.05, 0) is 40.5 Å². The Morgan fingerprint density at radius 1 is 0.857 bits per heavy atom. The van der Waals surface area contributed by atoms with Gasteiger partial charge in [0.05, 0.1) is 0 Å². The highest BCUT2D eigenvalue weighted by atomic mass is 32.1. The molecule has 4 nitrogen and oxygen atoms in total. The molecule has 0 aliphatic heterocycles. The average Bonchev–Trinajstić information content (AvgIpc) is 3.23. The molecule has 4 aromatic rings. The zero-order valence-corrected chi connectivity index (χ0v) is 15.7. The van der Waals surface area contributed by atoms with Gasteiger partial charge in [-0.1, -0.05) is 60.7 Å². The fraction of sp³-hybridized carbons (Fsp3) is 0.0435. The smallest absolute Gasteiger partial charge is 0.355 e. The zero-order chi connectivity index (χ0) is 19.3. The highest BCUT2D eigenvalue weighted by molar-refractivity contribution is 7.09. The fourth-order valence-electron chi connectivity index (χ4n) is 2.87. The number of hydrogen-bond donors (Lipinski definition) is 1. The first-order valence-electron chi connectivity index (χ1n) is 8.75. The molecule has 0 saturated heterocycles. The molecule has 1 aromatic heterocycles. The van der Waals surface area contributed by atoms with Crippen molar-refractivity contribution in [2.75, 3.05) is 0 Å². The van der Waals surface area contributed by atoms with E-state index in [2.05, 4.69) is 41.4 Å². The summed E-state index contributed by atoms with van der Waals surface area (Å²) in [5.74, 6) is -0.306. The highest BCUT2D eigenvalue weighted by Gasteiger charge is 2.09. The number of rotatable bonds is 6. The Morgan fingerprint density at radius 3 is 2.14 bits per heavy atom. The molecule has 28 heavy (non-hydrogen) atoms. The summed E-state index contributed by atoms with van der Waals surface area (Å²) in [5, 5.41) is 11.1. The Morgan fingerprint density at radius 2 is 1.50 bits per heavy atom. The molecule has 0 unspecified atom stereocenters. The Balaban J connectivity index is 1.46. The number of aromatic carboxylic acids is 1. The Hall–Kier alpha value is -3.44. The monoisotopic (exact) mass is 387 g/mol. The fourth-order valence-corrected chi connectivity index (χ4v) is 3.55. The van der Waals surface area contributed by atoms with Crippen LogP contribution in [0.15, 0.2) is 84.2 Å². The van der Waals surface area contributed by atoms with Crippen molar-refractivity contribution >= 4 is 17.3 Å². The zero-order valence-electron chi connectivity index (χ0n) is 14.9. The Bertz CT molecular complexity index is 1090. The highest BCUT2D eigenvalue weighted by Crippen LogP contribution is 2.27. The Labute approximate surface area is 166 Å². The van der Waals surface area contributed by atoms with E-state index in [1.165, 1.54) is 27.8 Å². The standard InChI is InChI=1S/C23H17NO3S/c25-23(26)21-15-28-22(24-21)14-27-20-11-9-17(10-12-20)19-8-4-7-18(13-19)16-5-2-1-3-6-16/h1-13,15H,14H2,(H,25,26). The molecule has 1 N–H and O–H groups in total. The Kier molecular flexibility index (Phi) is 5.17. The predicted octanol–water partition coefficient (Wildman–Crippen LogP) is 5.75. The number of carboxylic acid groups (broad SMARTS) is 1. The molecule has 0 spiro atoms. The van der Waals surface area contributed by atoms with Gasteiger partial charge in [0.1, 0.15) is 17.4 Å². The molecule has 138 valence electrons. The van der Waals surface area contributed by atoms with E-state index < -0.39 is 5.97 Å². The van der Waals surface area contributed by atoms with Gasteiger partial charge < -0.3 is 9.84 Å². The van der Waals surface area contributed by atoms with Crippen LogP contribution in [0.2, 0.25) is 0 Å². The molecular formula is C23H17NO3S. The van der Waals surface area contributed by atoms with Crippen molar-refractivity contribution in [2.24, 2.45) is 0 Å². The largest absolute Gasteiger partial charge is 0.486 e. The summed E-state index contributed by atoms with van der Waals surface area (Å²) in [4.78, 5) is 14.9. The maximum absolute atomic E-state index is 10.9. The van der Waals surface area contributed by atoms with Crippen LogP contribution >= 0.6 is 11.3 Å². The van der Waals surface area contributed by atoms with Gasteiger partial charge in [-0.3, -0.25) is 0 Å². The summed E-state index contributed by atoms with van der Waals surface area (Å²) in [7, 11) is 0. The third-order valence-corrected chi connectivity index (χ3v) is 5.11. The lowest BCUT2D eigenvalue weighted by Crippen LogP contribution is -1.99. The van der Waals surface area contributed by atoms with Gasteiger partial charge in [0, 0.05) is 5.38 Å². The van der Waals surface area contributed by atoms with E-state index in [0.717, 1.165) is 16.9 Å². The normalized spacial score (nSPS) is 10.6. The van der Waals surface area contributed by atoms with Crippen LogP contribution in [0.1, 0.15) is 15.5 Å². The first kappa shape index (κ1) is 17.9. The lowest BCUT2D eigenvalue weighted by molar-refractivity contribution is 0.0691. The minimum absolute atomic E-state index is 0.0530. The summed E-state index contributed by atoms with van der Waals surface area (Å²) in [6.07, 6.45) is 0. The summed E-state index contributed by atoms with van der Waals surface area (Å²) < 4.78 is 5.72. The van der Waals surface area contributed by atoms with Crippen LogP contribution < -0.4 is 4.74 Å². The summed E-state index contributed by atoms with van der Waals surface area (Å²) in [6.45, 7) is 0.251. The number of nitrogens with zero attached hydrogens (tertiary/aromatic N) is 1. The summed E-state index contributed by atoms with van der Waals surface area (Å²) in [6, 6.07) is 26.6. The first-order valence-corrected chi connectivity index (χ1v) is 9.63. The quantitative estimate of drug-likeness (QED) is 0.457. The molecule has 0 saturated carbocycles. The van der Waals surface area contributed by atoms with E-state index in [0.29, 0.717) is 5.01 Å². The number of hydrogen-bond acceptors (Lipinski definition) is 4. The third-order valence-electron chi connectivity index (χ3n) is 4.29. The van der Waals surface area contributed by atoms with Crippen molar-refractivity contribution < 1.29 is 14.6 Å². The van der Waals surface area contributed by atoms with Crippen LogP contribution in [-0.4, -0.2) is 16.1 Å². The van der Waals surface area contributed by atoms with Crippen molar-refractivity contribution in [1.29, 1.82) is 0 Å². The van der Waals surface area contributed by atoms with Gasteiger partial charge in [0.2, 0.25) is 0 Å². The van der Waals surface area contributed by atoms with Gasteiger partial charge >= 0.3 is 5.97 Å². The van der Waals surface area contributed by atoms with Crippen LogP contribution in [0.4, 0.5) is 0 Å². The van der Waals surface area contributed by atoms with Gasteiger partial charge in [0.25, 0.3) is 0 Å². The molecule has 5 heteroatoms. The summed E-state index contributed by atoms with van der Waals surface area (Å²) in [5.41, 5.74) is 4.66. The topological polar surface area (TPSA) is 59.4 Å². The van der Waals surface area contributed by atoms with E-state index in [9.17, 15) is 4.79 Å². The van der Waals surface area contributed by atoms with Crippen LogP contribution in [0.25, 0.3) is 22.3 Å². The molecule has 0 aliphatic carbocycles. The van der Waals surface area contributed by atoms with Crippen LogP contribution in [-0.2, 0) is 6.61 Å². The van der Waals surface area contributed by atoms with Crippen molar-refractivity contribution in [3.63, 3.8) is 0 Å². The molecule has 0 aliphatic rings. The maximum Gasteiger partial charge on any atom is 0.355 e. The minimum atomic E-state index is -1.02. The number of carbonyl (C=O) groups is 1. The second-order valence-corrected chi connectivity index (χ2v) is 7.13. The molecule has 0 atom stereocenters.